The van der Waals surface area contributed by atoms with Crippen LogP contribution in [0.15, 0.2) is 54.0 Å². The second-order valence-electron chi connectivity index (χ2n) is 6.62. The first-order valence-electron chi connectivity index (χ1n) is 9.17. The first-order chi connectivity index (χ1) is 14.1. The number of cyclic esters (lactones) is 1. The van der Waals surface area contributed by atoms with Crippen molar-refractivity contribution in [1.29, 1.82) is 0 Å². The minimum Gasteiger partial charge on any atom is -0.492 e. The zero-order valence-electron chi connectivity index (χ0n) is 15.8. The van der Waals surface area contributed by atoms with Crippen LogP contribution in [-0.4, -0.2) is 39.4 Å². The standard InChI is InChI=1S/C22H19F2NO4/c1-27-21-19(29-22(26)20(21)15-3-5-16(23)6-4-15)13-14-2-7-18(17(24)12-14)25-8-10-28-11-9-25/h2-7,12-13H,8-11H2,1H3/b19-13-. The fraction of sp³-hybridized carbons (Fsp3) is 0.227. The number of esters is 1. The summed E-state index contributed by atoms with van der Waals surface area (Å²) in [6.07, 6.45) is 1.54. The summed E-state index contributed by atoms with van der Waals surface area (Å²) in [5.41, 5.74) is 1.71. The molecule has 2 heterocycles. The van der Waals surface area contributed by atoms with Gasteiger partial charge in [-0.1, -0.05) is 18.2 Å². The van der Waals surface area contributed by atoms with Crippen molar-refractivity contribution in [2.24, 2.45) is 0 Å². The third kappa shape index (κ3) is 3.86. The number of benzene rings is 2. The van der Waals surface area contributed by atoms with E-state index >= 15 is 0 Å². The van der Waals surface area contributed by atoms with Gasteiger partial charge in [0.25, 0.3) is 0 Å². The van der Waals surface area contributed by atoms with Crippen molar-refractivity contribution in [3.8, 4) is 0 Å². The van der Waals surface area contributed by atoms with Crippen LogP contribution < -0.4 is 4.90 Å². The molecule has 0 aliphatic carbocycles. The highest BCUT2D eigenvalue weighted by Gasteiger charge is 2.32. The van der Waals surface area contributed by atoms with Gasteiger partial charge >= 0.3 is 5.97 Å². The number of ether oxygens (including phenoxy) is 3. The van der Waals surface area contributed by atoms with E-state index in [-0.39, 0.29) is 22.9 Å². The zero-order chi connectivity index (χ0) is 20.4. The third-order valence-corrected chi connectivity index (χ3v) is 4.82. The molecule has 0 radical (unpaired) electrons. The maximum absolute atomic E-state index is 14.6. The summed E-state index contributed by atoms with van der Waals surface area (Å²) in [5, 5.41) is 0. The number of carbonyl (C=O) groups is 1. The molecule has 0 unspecified atom stereocenters. The zero-order valence-corrected chi connectivity index (χ0v) is 15.8. The van der Waals surface area contributed by atoms with Crippen LogP contribution in [0.4, 0.5) is 14.5 Å². The lowest BCUT2D eigenvalue weighted by atomic mass is 10.0. The van der Waals surface area contributed by atoms with Crippen molar-refractivity contribution in [2.75, 3.05) is 38.3 Å². The van der Waals surface area contributed by atoms with Gasteiger partial charge in [0.1, 0.15) is 17.2 Å². The number of halogens is 2. The Morgan fingerprint density at radius 1 is 1.07 bits per heavy atom. The van der Waals surface area contributed by atoms with E-state index in [0.29, 0.717) is 43.1 Å². The topological polar surface area (TPSA) is 48.0 Å². The van der Waals surface area contributed by atoms with Gasteiger partial charge in [0, 0.05) is 13.1 Å². The Hall–Kier alpha value is -3.19. The third-order valence-electron chi connectivity index (χ3n) is 4.82. The summed E-state index contributed by atoms with van der Waals surface area (Å²) in [6.45, 7) is 2.39. The molecule has 2 aliphatic rings. The van der Waals surface area contributed by atoms with Crippen LogP contribution in [0.5, 0.6) is 0 Å². The first-order valence-corrected chi connectivity index (χ1v) is 9.17. The Morgan fingerprint density at radius 2 is 1.79 bits per heavy atom. The van der Waals surface area contributed by atoms with Gasteiger partial charge in [-0.25, -0.2) is 13.6 Å². The second kappa shape index (κ2) is 8.05. The average Bonchev–Trinajstić information content (AvgIpc) is 3.04. The summed E-state index contributed by atoms with van der Waals surface area (Å²) in [4.78, 5) is 14.3. The molecule has 4 rings (SSSR count). The number of rotatable bonds is 4. The van der Waals surface area contributed by atoms with Gasteiger partial charge in [-0.15, -0.1) is 0 Å². The number of nitrogens with zero attached hydrogens (tertiary/aromatic N) is 1. The van der Waals surface area contributed by atoms with E-state index < -0.39 is 11.8 Å². The van der Waals surface area contributed by atoms with E-state index in [1.54, 1.807) is 18.2 Å². The predicted molar refractivity (Wildman–Crippen MR) is 104 cm³/mol. The number of hydrogen-bond donors (Lipinski definition) is 0. The number of morpholine rings is 1. The second-order valence-corrected chi connectivity index (χ2v) is 6.62. The Bertz CT molecular complexity index is 992. The van der Waals surface area contributed by atoms with E-state index in [9.17, 15) is 13.6 Å². The average molecular weight is 399 g/mol. The predicted octanol–water partition coefficient (Wildman–Crippen LogP) is 3.76. The van der Waals surface area contributed by atoms with Gasteiger partial charge in [0.15, 0.2) is 11.5 Å². The van der Waals surface area contributed by atoms with Crippen molar-refractivity contribution < 1.29 is 27.8 Å². The lowest BCUT2D eigenvalue weighted by Gasteiger charge is -2.29. The van der Waals surface area contributed by atoms with Crippen LogP contribution in [0.25, 0.3) is 11.6 Å². The number of hydrogen-bond acceptors (Lipinski definition) is 5. The maximum atomic E-state index is 14.6. The van der Waals surface area contributed by atoms with Crippen LogP contribution in [0.3, 0.4) is 0 Å². The highest BCUT2D eigenvalue weighted by Crippen LogP contribution is 2.35. The van der Waals surface area contributed by atoms with Gasteiger partial charge in [0.2, 0.25) is 0 Å². The summed E-state index contributed by atoms with van der Waals surface area (Å²) in [7, 11) is 1.41. The van der Waals surface area contributed by atoms with Crippen molar-refractivity contribution in [3.05, 3.63) is 76.7 Å². The largest absolute Gasteiger partial charge is 0.492 e. The van der Waals surface area contributed by atoms with E-state index in [1.165, 1.54) is 37.4 Å². The molecule has 0 saturated carbocycles. The molecule has 0 atom stereocenters. The SMILES string of the molecule is COC1=C(c2ccc(F)cc2)C(=O)O/C1=C\c1ccc(N2CCOCC2)c(F)c1. The number of methoxy groups -OCH3 is 1. The monoisotopic (exact) mass is 399 g/mol. The molecule has 7 heteroatoms. The van der Waals surface area contributed by atoms with Gasteiger partial charge in [0.05, 0.1) is 26.0 Å². The van der Waals surface area contributed by atoms with E-state index in [1.807, 2.05) is 4.90 Å². The summed E-state index contributed by atoms with van der Waals surface area (Å²) in [5.74, 6) is -0.988. The molecular formula is C22H19F2NO4. The quantitative estimate of drug-likeness (QED) is 0.733. The van der Waals surface area contributed by atoms with Gasteiger partial charge in [-0.2, -0.15) is 0 Å². The molecule has 150 valence electrons. The molecule has 1 fully saturated rings. The molecule has 5 nitrogen and oxygen atoms in total. The molecule has 0 amide bonds. The van der Waals surface area contributed by atoms with Gasteiger partial charge in [-0.3, -0.25) is 0 Å². The Kier molecular flexibility index (Phi) is 5.31. The molecule has 0 spiro atoms. The fourth-order valence-corrected chi connectivity index (χ4v) is 3.40. The van der Waals surface area contributed by atoms with Crippen molar-refractivity contribution in [1.82, 2.24) is 0 Å². The van der Waals surface area contributed by atoms with Crippen LogP contribution in [-0.2, 0) is 19.0 Å². The molecule has 0 bridgehead atoms. The number of anilines is 1. The highest BCUT2D eigenvalue weighted by atomic mass is 19.1. The van der Waals surface area contributed by atoms with Crippen LogP contribution in [0.1, 0.15) is 11.1 Å². The molecule has 0 N–H and O–H groups in total. The molecule has 1 saturated heterocycles. The minimum atomic E-state index is -0.606. The van der Waals surface area contributed by atoms with Crippen molar-refractivity contribution in [2.45, 2.75) is 0 Å². The summed E-state index contributed by atoms with van der Waals surface area (Å²) < 4.78 is 43.8. The van der Waals surface area contributed by atoms with E-state index in [4.69, 9.17) is 14.2 Å². The van der Waals surface area contributed by atoms with Crippen molar-refractivity contribution >= 4 is 23.3 Å². The molecule has 0 aromatic heterocycles. The van der Waals surface area contributed by atoms with E-state index in [2.05, 4.69) is 0 Å². The van der Waals surface area contributed by atoms with Crippen LogP contribution in [0.2, 0.25) is 0 Å². The molecule has 2 aromatic rings. The maximum Gasteiger partial charge on any atom is 0.348 e. The normalized spacial score (nSPS) is 18.4. The summed E-state index contributed by atoms with van der Waals surface area (Å²) >= 11 is 0. The van der Waals surface area contributed by atoms with E-state index in [0.717, 1.165) is 0 Å². The highest BCUT2D eigenvalue weighted by molar-refractivity contribution is 6.21. The molecule has 2 aromatic carbocycles. The summed E-state index contributed by atoms with van der Waals surface area (Å²) in [6, 6.07) is 10.3. The first kappa shape index (κ1) is 19.1. The Labute approximate surface area is 166 Å². The molecular weight excluding hydrogens is 380 g/mol. The van der Waals surface area contributed by atoms with Crippen LogP contribution >= 0.6 is 0 Å². The van der Waals surface area contributed by atoms with Crippen LogP contribution in [0, 0.1) is 11.6 Å². The minimum absolute atomic E-state index is 0.176. The molecule has 29 heavy (non-hydrogen) atoms. The smallest absolute Gasteiger partial charge is 0.348 e. The lowest BCUT2D eigenvalue weighted by molar-refractivity contribution is -0.131. The lowest BCUT2D eigenvalue weighted by Crippen LogP contribution is -2.36. The van der Waals surface area contributed by atoms with Gasteiger partial charge in [-0.05, 0) is 41.5 Å². The Morgan fingerprint density at radius 3 is 2.45 bits per heavy atom. The number of carbonyl (C=O) groups excluding carboxylic acids is 1. The van der Waals surface area contributed by atoms with Crippen molar-refractivity contribution in [3.63, 3.8) is 0 Å². The fourth-order valence-electron chi connectivity index (χ4n) is 3.40. The Balaban J connectivity index is 1.66. The molecule has 2 aliphatic heterocycles. The van der Waals surface area contributed by atoms with Gasteiger partial charge < -0.3 is 19.1 Å².